The summed E-state index contributed by atoms with van der Waals surface area (Å²) >= 11 is 0. The highest BCUT2D eigenvalue weighted by Crippen LogP contribution is 2.12. The molecule has 2 rings (SSSR count). The zero-order chi connectivity index (χ0) is 9.52. The summed E-state index contributed by atoms with van der Waals surface area (Å²) < 4.78 is 15.1. The van der Waals surface area contributed by atoms with Gasteiger partial charge in [-0.15, -0.1) is 0 Å². The van der Waals surface area contributed by atoms with Crippen molar-refractivity contribution in [2.75, 3.05) is 26.4 Å². The van der Waals surface area contributed by atoms with Crippen LogP contribution in [0.15, 0.2) is 0 Å². The molecule has 0 aromatic heterocycles. The van der Waals surface area contributed by atoms with E-state index in [1.807, 2.05) is 0 Å². The first kappa shape index (κ1) is 14.1. The van der Waals surface area contributed by atoms with E-state index >= 15 is 0 Å². The Labute approximate surface area is 88.6 Å². The molecule has 2 unspecified atom stereocenters. The Hall–Kier alpha value is 0.0569. The lowest BCUT2D eigenvalue weighted by Crippen LogP contribution is -2.06. The molecule has 2 N–H and O–H groups in total. The summed E-state index contributed by atoms with van der Waals surface area (Å²) in [6, 6.07) is 1.12. The summed E-state index contributed by atoms with van der Waals surface area (Å²) in [4.78, 5) is 0. The van der Waals surface area contributed by atoms with Gasteiger partial charge in [-0.1, -0.05) is 19.4 Å². The molecule has 2 heterocycles. The Morgan fingerprint density at radius 1 is 1.21 bits per heavy atom. The maximum atomic E-state index is 5.23. The molecule has 0 aliphatic carbocycles. The van der Waals surface area contributed by atoms with Crippen LogP contribution in [-0.2, 0) is 14.2 Å². The van der Waals surface area contributed by atoms with Crippen molar-refractivity contribution in [3.8, 4) is 0 Å². The van der Waals surface area contributed by atoms with E-state index < -0.39 is 0 Å². The van der Waals surface area contributed by atoms with Crippen molar-refractivity contribution in [2.24, 2.45) is 0 Å². The second kappa shape index (κ2) is 8.37. The van der Waals surface area contributed by atoms with Crippen molar-refractivity contribution in [3.05, 3.63) is 0 Å². The monoisotopic (exact) mass is 219 g/mol. The molecule has 3 radical (unpaired) electrons. The number of ether oxygens (including phenoxy) is 3. The third-order valence-corrected chi connectivity index (χ3v) is 2.16. The fourth-order valence-corrected chi connectivity index (χ4v) is 0.659. The highest BCUT2D eigenvalue weighted by atomic mass is 28.1. The van der Waals surface area contributed by atoms with Crippen LogP contribution in [0.3, 0.4) is 0 Å². The first-order chi connectivity index (χ1) is 6.36. The lowest BCUT2D eigenvalue weighted by Gasteiger charge is -1.95. The molecule has 2 saturated heterocycles. The van der Waals surface area contributed by atoms with Gasteiger partial charge in [0.15, 0.2) is 0 Å². The third-order valence-electron chi connectivity index (χ3n) is 1.66. The molecule has 0 spiro atoms. The Balaban J connectivity index is 0.000000299. The molecule has 2 atom stereocenters. The largest absolute Gasteiger partial charge is 0.412 e. The van der Waals surface area contributed by atoms with Gasteiger partial charge in [-0.25, -0.2) is 0 Å². The summed E-state index contributed by atoms with van der Waals surface area (Å²) in [5.41, 5.74) is 0. The third kappa shape index (κ3) is 8.65. The zero-order valence-electron chi connectivity index (χ0n) is 8.62. The summed E-state index contributed by atoms with van der Waals surface area (Å²) in [5.74, 6) is 0. The molecule has 5 heteroatoms. The molecule has 2 aliphatic rings. The van der Waals surface area contributed by atoms with E-state index in [9.17, 15) is 0 Å². The van der Waals surface area contributed by atoms with Crippen LogP contribution in [-0.4, -0.2) is 54.4 Å². The molecule has 0 aromatic carbocycles. The normalized spacial score (nSPS) is 27.0. The smallest absolute Gasteiger partial charge is 0.104 e. The van der Waals surface area contributed by atoms with Crippen LogP contribution in [0.4, 0.5) is 0 Å². The van der Waals surface area contributed by atoms with E-state index in [1.54, 1.807) is 0 Å². The van der Waals surface area contributed by atoms with Crippen LogP contribution >= 0.6 is 0 Å². The van der Waals surface area contributed by atoms with Crippen LogP contribution < -0.4 is 0 Å². The van der Waals surface area contributed by atoms with Crippen molar-refractivity contribution in [1.29, 1.82) is 0 Å². The van der Waals surface area contributed by atoms with E-state index in [2.05, 4.69) is 17.2 Å². The maximum absolute atomic E-state index is 5.23. The minimum absolute atomic E-state index is 0. The molecule has 14 heavy (non-hydrogen) atoms. The number of hydrogen-bond donors (Lipinski definition) is 0. The second-order valence-corrected chi connectivity index (χ2v) is 3.70. The Morgan fingerprint density at radius 2 is 1.57 bits per heavy atom. The van der Waals surface area contributed by atoms with Crippen molar-refractivity contribution < 1.29 is 19.7 Å². The predicted molar refractivity (Wildman–Crippen MR) is 54.8 cm³/mol. The zero-order valence-corrected chi connectivity index (χ0v) is 9.62. The molecule has 2 aliphatic heterocycles. The van der Waals surface area contributed by atoms with Crippen LogP contribution in [0.25, 0.3) is 0 Å². The van der Waals surface area contributed by atoms with Gasteiger partial charge in [0.05, 0.1) is 26.4 Å². The maximum Gasteiger partial charge on any atom is 0.104 e. The topological polar surface area (TPSA) is 65.8 Å². The van der Waals surface area contributed by atoms with E-state index in [4.69, 9.17) is 14.2 Å². The fraction of sp³-hybridized carbons (Fsp3) is 1.00. The average Bonchev–Trinajstić information content (AvgIpc) is 2.98. The molecule has 0 saturated carbocycles. The molecule has 2 fully saturated rings. The summed E-state index contributed by atoms with van der Waals surface area (Å²) in [5, 5.41) is 0. The fourth-order valence-electron chi connectivity index (χ4n) is 0.659. The first-order valence-corrected chi connectivity index (χ1v) is 5.53. The number of epoxide rings is 2. The molecule has 0 amide bonds. The van der Waals surface area contributed by atoms with Gasteiger partial charge >= 0.3 is 0 Å². The van der Waals surface area contributed by atoms with Crippen LogP contribution in [0.1, 0.15) is 13.3 Å². The van der Waals surface area contributed by atoms with Crippen molar-refractivity contribution in [3.63, 3.8) is 0 Å². The van der Waals surface area contributed by atoms with Gasteiger partial charge in [-0.3, -0.25) is 0 Å². The summed E-state index contributed by atoms with van der Waals surface area (Å²) in [7, 11) is 3.29. The van der Waals surface area contributed by atoms with Gasteiger partial charge in [0.1, 0.15) is 12.2 Å². The number of hydrogen-bond acceptors (Lipinski definition) is 3. The van der Waals surface area contributed by atoms with Gasteiger partial charge in [-0.2, -0.15) is 0 Å². The van der Waals surface area contributed by atoms with Gasteiger partial charge in [0.2, 0.25) is 0 Å². The lowest BCUT2D eigenvalue weighted by molar-refractivity contribution is 0.102. The van der Waals surface area contributed by atoms with Gasteiger partial charge in [0.25, 0.3) is 0 Å². The van der Waals surface area contributed by atoms with Gasteiger partial charge in [-0.05, 0) is 0 Å². The average molecular weight is 219 g/mol. The molecule has 0 aromatic rings. The number of rotatable bonds is 5. The van der Waals surface area contributed by atoms with Crippen LogP contribution in [0, 0.1) is 0 Å². The Morgan fingerprint density at radius 3 is 1.79 bits per heavy atom. The molecule has 4 nitrogen and oxygen atoms in total. The van der Waals surface area contributed by atoms with Crippen molar-refractivity contribution in [2.45, 2.75) is 31.6 Å². The molecular weight excluding hydrogens is 200 g/mol. The minimum Gasteiger partial charge on any atom is -0.412 e. The standard InChI is InChI=1S/C6H10O3.C3H7Si.H2O/c1(5-3-8-5)7-2-6-4-9-6;1-2-3-4;/h5-6H,1-4H2;2-3H2,1H3;1H2. The Kier molecular flexibility index (Phi) is 8.41. The van der Waals surface area contributed by atoms with Crippen molar-refractivity contribution >= 4 is 10.2 Å². The van der Waals surface area contributed by atoms with Gasteiger partial charge in [0, 0.05) is 10.2 Å². The van der Waals surface area contributed by atoms with Crippen LogP contribution in [0.5, 0.6) is 0 Å². The second-order valence-electron chi connectivity index (χ2n) is 3.20. The van der Waals surface area contributed by atoms with Crippen LogP contribution in [0.2, 0.25) is 6.04 Å². The summed E-state index contributed by atoms with van der Waals surface area (Å²) in [6.45, 7) is 5.39. The van der Waals surface area contributed by atoms with E-state index in [1.165, 1.54) is 6.42 Å². The van der Waals surface area contributed by atoms with E-state index in [-0.39, 0.29) is 5.48 Å². The quantitative estimate of drug-likeness (QED) is 0.481. The minimum atomic E-state index is 0. The molecule has 83 valence electrons. The molecule has 0 bridgehead atoms. The van der Waals surface area contributed by atoms with Gasteiger partial charge < -0.3 is 19.7 Å². The SMILES string of the molecule is C(OCC1CO1)C1CO1.CCC[Si].O. The highest BCUT2D eigenvalue weighted by Gasteiger charge is 2.26. The lowest BCUT2D eigenvalue weighted by atomic mass is 10.5. The first-order valence-electron chi connectivity index (χ1n) is 4.82. The van der Waals surface area contributed by atoms with E-state index in [0.29, 0.717) is 12.2 Å². The highest BCUT2D eigenvalue weighted by molar-refractivity contribution is 6.08. The molecular formula is C9H19O4Si. The summed E-state index contributed by atoms with van der Waals surface area (Å²) in [6.07, 6.45) is 2.02. The van der Waals surface area contributed by atoms with E-state index in [0.717, 1.165) is 32.5 Å². The van der Waals surface area contributed by atoms with Crippen molar-refractivity contribution in [1.82, 2.24) is 0 Å². The Bertz CT molecular complexity index is 112. The predicted octanol–water partition coefficient (Wildman–Crippen LogP) is -0.0409.